The van der Waals surface area contributed by atoms with Gasteiger partial charge in [0.2, 0.25) is 10.0 Å². The highest BCUT2D eigenvalue weighted by Crippen LogP contribution is 2.20. The van der Waals surface area contributed by atoms with Crippen LogP contribution in [0.3, 0.4) is 0 Å². The average Bonchev–Trinajstić information content (AvgIpc) is 2.42. The van der Waals surface area contributed by atoms with Gasteiger partial charge < -0.3 is 10.5 Å². The summed E-state index contributed by atoms with van der Waals surface area (Å²) in [7, 11) is -2.46. The maximum absolute atomic E-state index is 13.9. The van der Waals surface area contributed by atoms with Crippen LogP contribution in [0, 0.1) is 5.82 Å². The normalized spacial score (nSPS) is 11.8. The smallest absolute Gasteiger partial charge is 0.246 e. The highest BCUT2D eigenvalue weighted by molar-refractivity contribution is 7.89. The SMILES string of the molecule is C=CCN(CCOC)S(=O)(=O)c1ccc(CN)cc1F. The molecule has 0 spiro atoms. The van der Waals surface area contributed by atoms with Crippen molar-refractivity contribution in [2.75, 3.05) is 26.8 Å². The number of hydrogen-bond acceptors (Lipinski definition) is 4. The zero-order chi connectivity index (χ0) is 15.2. The van der Waals surface area contributed by atoms with Gasteiger partial charge >= 0.3 is 0 Å². The Hall–Kier alpha value is -1.28. The molecular weight excluding hydrogens is 283 g/mol. The van der Waals surface area contributed by atoms with Gasteiger partial charge in [0, 0.05) is 26.7 Å². The Morgan fingerprint density at radius 1 is 1.50 bits per heavy atom. The standard InChI is InChI=1S/C13H19FN2O3S/c1-3-6-16(7-8-19-2)20(17,18)13-5-4-11(10-15)9-12(13)14/h3-5,9H,1,6-8,10,15H2,2H3. The van der Waals surface area contributed by atoms with Gasteiger partial charge in [0.05, 0.1) is 6.61 Å². The molecule has 1 rings (SSSR count). The second-order valence-corrected chi connectivity index (χ2v) is 6.02. The van der Waals surface area contributed by atoms with Gasteiger partial charge in [0.15, 0.2) is 0 Å². The van der Waals surface area contributed by atoms with E-state index >= 15 is 0 Å². The van der Waals surface area contributed by atoms with Crippen molar-refractivity contribution >= 4 is 10.0 Å². The van der Waals surface area contributed by atoms with Crippen LogP contribution >= 0.6 is 0 Å². The van der Waals surface area contributed by atoms with E-state index in [0.29, 0.717) is 5.56 Å². The Bertz CT molecular complexity index is 561. The number of hydrogen-bond donors (Lipinski definition) is 1. The molecule has 5 nitrogen and oxygen atoms in total. The molecule has 0 aliphatic heterocycles. The molecule has 0 amide bonds. The highest BCUT2D eigenvalue weighted by Gasteiger charge is 2.26. The second-order valence-electron chi connectivity index (χ2n) is 4.11. The van der Waals surface area contributed by atoms with Crippen molar-refractivity contribution in [1.29, 1.82) is 0 Å². The molecule has 0 aliphatic carbocycles. The molecule has 0 unspecified atom stereocenters. The summed E-state index contributed by atoms with van der Waals surface area (Å²) in [6.07, 6.45) is 1.44. The summed E-state index contributed by atoms with van der Waals surface area (Å²) >= 11 is 0. The van der Waals surface area contributed by atoms with Crippen molar-refractivity contribution in [2.24, 2.45) is 5.73 Å². The lowest BCUT2D eigenvalue weighted by atomic mass is 10.2. The number of benzene rings is 1. The minimum Gasteiger partial charge on any atom is -0.383 e. The Morgan fingerprint density at radius 2 is 2.20 bits per heavy atom. The molecule has 0 heterocycles. The molecule has 0 saturated carbocycles. The van der Waals surface area contributed by atoms with Gasteiger partial charge in [0.1, 0.15) is 10.7 Å². The van der Waals surface area contributed by atoms with E-state index in [9.17, 15) is 12.8 Å². The van der Waals surface area contributed by atoms with E-state index in [-0.39, 0.29) is 31.1 Å². The van der Waals surface area contributed by atoms with Crippen LogP contribution in [-0.2, 0) is 21.3 Å². The molecule has 20 heavy (non-hydrogen) atoms. The van der Waals surface area contributed by atoms with Crippen LogP contribution in [0.15, 0.2) is 35.7 Å². The predicted molar refractivity (Wildman–Crippen MR) is 75.1 cm³/mol. The van der Waals surface area contributed by atoms with Crippen LogP contribution < -0.4 is 5.73 Å². The van der Waals surface area contributed by atoms with Crippen molar-refractivity contribution in [3.8, 4) is 0 Å². The highest BCUT2D eigenvalue weighted by atomic mass is 32.2. The van der Waals surface area contributed by atoms with Crippen LogP contribution in [0.1, 0.15) is 5.56 Å². The van der Waals surface area contributed by atoms with E-state index in [1.54, 1.807) is 0 Å². The average molecular weight is 302 g/mol. The van der Waals surface area contributed by atoms with E-state index in [1.807, 2.05) is 0 Å². The predicted octanol–water partition coefficient (Wildman–Crippen LogP) is 1.11. The van der Waals surface area contributed by atoms with E-state index < -0.39 is 15.8 Å². The molecule has 112 valence electrons. The van der Waals surface area contributed by atoms with E-state index in [1.165, 1.54) is 25.3 Å². The molecule has 0 saturated heterocycles. The molecule has 0 aliphatic rings. The molecule has 0 bridgehead atoms. The van der Waals surface area contributed by atoms with Crippen LogP contribution in [0.4, 0.5) is 4.39 Å². The molecule has 2 N–H and O–H groups in total. The fraction of sp³-hybridized carbons (Fsp3) is 0.385. The van der Waals surface area contributed by atoms with Crippen molar-refractivity contribution < 1.29 is 17.5 Å². The molecule has 0 atom stereocenters. The molecular formula is C13H19FN2O3S. The van der Waals surface area contributed by atoms with Gasteiger partial charge in [-0.2, -0.15) is 4.31 Å². The summed E-state index contributed by atoms with van der Waals surface area (Å²) in [5.41, 5.74) is 5.93. The molecule has 0 radical (unpaired) electrons. The Balaban J connectivity index is 3.15. The van der Waals surface area contributed by atoms with Crippen molar-refractivity contribution in [1.82, 2.24) is 4.31 Å². The number of methoxy groups -OCH3 is 1. The molecule has 1 aromatic rings. The zero-order valence-electron chi connectivity index (χ0n) is 11.4. The van der Waals surface area contributed by atoms with Gasteiger partial charge in [0.25, 0.3) is 0 Å². The number of sulfonamides is 1. The van der Waals surface area contributed by atoms with Gasteiger partial charge in [-0.3, -0.25) is 0 Å². The summed E-state index contributed by atoms with van der Waals surface area (Å²) in [6.45, 7) is 4.09. The molecule has 7 heteroatoms. The Labute approximate surface area is 118 Å². The third-order valence-corrected chi connectivity index (χ3v) is 4.63. The summed E-state index contributed by atoms with van der Waals surface area (Å²) in [6, 6.07) is 3.86. The van der Waals surface area contributed by atoms with E-state index in [0.717, 1.165) is 10.4 Å². The zero-order valence-corrected chi connectivity index (χ0v) is 12.2. The van der Waals surface area contributed by atoms with E-state index in [2.05, 4.69) is 6.58 Å². The van der Waals surface area contributed by atoms with E-state index in [4.69, 9.17) is 10.5 Å². The fourth-order valence-corrected chi connectivity index (χ4v) is 3.11. The van der Waals surface area contributed by atoms with Crippen molar-refractivity contribution in [3.05, 3.63) is 42.2 Å². The first kappa shape index (κ1) is 16.8. The van der Waals surface area contributed by atoms with Crippen LogP contribution in [-0.4, -0.2) is 39.5 Å². The van der Waals surface area contributed by atoms with Gasteiger partial charge in [-0.05, 0) is 17.7 Å². The maximum Gasteiger partial charge on any atom is 0.246 e. The minimum atomic E-state index is -3.92. The number of nitrogens with zero attached hydrogens (tertiary/aromatic N) is 1. The Kier molecular flexibility index (Phi) is 6.28. The van der Waals surface area contributed by atoms with Crippen LogP contribution in [0.2, 0.25) is 0 Å². The number of rotatable bonds is 8. The number of halogens is 1. The Morgan fingerprint density at radius 3 is 2.70 bits per heavy atom. The minimum absolute atomic E-state index is 0.0871. The topological polar surface area (TPSA) is 72.6 Å². The quantitative estimate of drug-likeness (QED) is 0.730. The van der Waals surface area contributed by atoms with Gasteiger partial charge in [-0.15, -0.1) is 6.58 Å². The summed E-state index contributed by atoms with van der Waals surface area (Å²) in [5.74, 6) is -0.806. The lowest BCUT2D eigenvalue weighted by Gasteiger charge is -2.20. The number of nitrogens with two attached hydrogens (primary N) is 1. The molecule has 0 fully saturated rings. The second kappa shape index (κ2) is 7.49. The van der Waals surface area contributed by atoms with Gasteiger partial charge in [-0.25, -0.2) is 12.8 Å². The third kappa shape index (κ3) is 3.86. The van der Waals surface area contributed by atoms with Crippen molar-refractivity contribution in [3.63, 3.8) is 0 Å². The first-order valence-electron chi connectivity index (χ1n) is 6.05. The van der Waals surface area contributed by atoms with Crippen LogP contribution in [0.5, 0.6) is 0 Å². The van der Waals surface area contributed by atoms with Crippen LogP contribution in [0.25, 0.3) is 0 Å². The summed E-state index contributed by atoms with van der Waals surface area (Å²) in [5, 5.41) is 0. The summed E-state index contributed by atoms with van der Waals surface area (Å²) < 4.78 is 44.7. The fourth-order valence-electron chi connectivity index (χ4n) is 1.67. The molecule has 1 aromatic carbocycles. The monoisotopic (exact) mass is 302 g/mol. The van der Waals surface area contributed by atoms with Crippen molar-refractivity contribution in [2.45, 2.75) is 11.4 Å². The maximum atomic E-state index is 13.9. The number of ether oxygens (including phenoxy) is 1. The first-order chi connectivity index (χ1) is 9.47. The lowest BCUT2D eigenvalue weighted by molar-refractivity contribution is 0.182. The van der Waals surface area contributed by atoms with Gasteiger partial charge in [-0.1, -0.05) is 12.1 Å². The summed E-state index contributed by atoms with van der Waals surface area (Å²) in [4.78, 5) is -0.368. The first-order valence-corrected chi connectivity index (χ1v) is 7.49. The largest absolute Gasteiger partial charge is 0.383 e. The lowest BCUT2D eigenvalue weighted by Crippen LogP contribution is -2.34. The molecule has 0 aromatic heterocycles. The third-order valence-electron chi connectivity index (χ3n) is 2.73.